The van der Waals surface area contributed by atoms with Gasteiger partial charge in [0, 0.05) is 15.6 Å². The molecule has 4 nitrogen and oxygen atoms in total. The van der Waals surface area contributed by atoms with E-state index in [1.165, 1.54) is 0 Å². The Morgan fingerprint density at radius 3 is 2.58 bits per heavy atom. The van der Waals surface area contributed by atoms with Crippen molar-refractivity contribution in [2.75, 3.05) is 0 Å². The van der Waals surface area contributed by atoms with E-state index in [4.69, 9.17) is 14.1 Å². The summed E-state index contributed by atoms with van der Waals surface area (Å²) in [5, 5.41) is 5.19. The van der Waals surface area contributed by atoms with Gasteiger partial charge >= 0.3 is 5.97 Å². The molecule has 0 radical (unpaired) electrons. The van der Waals surface area contributed by atoms with E-state index in [0.29, 0.717) is 23.5 Å². The number of carbonyl (C=O) groups is 1. The Kier molecular flexibility index (Phi) is 4.71. The molecule has 0 aliphatic carbocycles. The predicted molar refractivity (Wildman–Crippen MR) is 99.7 cm³/mol. The first kappa shape index (κ1) is 17.1. The smallest absolute Gasteiger partial charge is 0.351 e. The van der Waals surface area contributed by atoms with Gasteiger partial charge in [-0.3, -0.25) is 0 Å². The third kappa shape index (κ3) is 3.09. The number of benzene rings is 2. The maximum atomic E-state index is 11.9. The van der Waals surface area contributed by atoms with E-state index >= 15 is 0 Å². The van der Waals surface area contributed by atoms with E-state index in [1.807, 2.05) is 38.1 Å². The molecule has 24 heavy (non-hydrogen) atoms. The number of hydrogen-bond donors (Lipinski definition) is 1. The number of hydrogen-bond acceptors (Lipinski definition) is 5. The highest BCUT2D eigenvalue weighted by Crippen LogP contribution is 2.46. The standard InChI is InChI=1S/C18H16BrNO3S/c1-18(2)16(19)15(11-6-4-3-5-7-11)13-9-8-12(10-14(13)22-18)17(21)23-24-20/h3-10H,20H2,1-2H3. The Balaban J connectivity index is 2.15. The minimum absolute atomic E-state index is 0.396. The average molecular weight is 406 g/mol. The zero-order chi connectivity index (χ0) is 17.3. The first-order valence-electron chi connectivity index (χ1n) is 7.31. The second-order valence-electron chi connectivity index (χ2n) is 5.85. The Morgan fingerprint density at radius 2 is 1.92 bits per heavy atom. The molecule has 1 aliphatic heterocycles. The van der Waals surface area contributed by atoms with Crippen LogP contribution in [0.3, 0.4) is 0 Å². The summed E-state index contributed by atoms with van der Waals surface area (Å²) in [6, 6.07) is 15.3. The fourth-order valence-corrected chi connectivity index (χ4v) is 3.37. The van der Waals surface area contributed by atoms with Crippen molar-refractivity contribution < 1.29 is 13.7 Å². The lowest BCUT2D eigenvalue weighted by Gasteiger charge is -2.35. The van der Waals surface area contributed by atoms with E-state index < -0.39 is 11.6 Å². The maximum absolute atomic E-state index is 11.9. The quantitative estimate of drug-likeness (QED) is 0.592. The molecule has 0 atom stereocenters. The molecule has 0 unspecified atom stereocenters. The van der Waals surface area contributed by atoms with Gasteiger partial charge in [-0.2, -0.15) is 0 Å². The Labute approximate surface area is 153 Å². The topological polar surface area (TPSA) is 61.5 Å². The van der Waals surface area contributed by atoms with Crippen LogP contribution in [0.1, 0.15) is 35.3 Å². The normalized spacial score (nSPS) is 15.5. The SMILES string of the molecule is CC1(C)Oc2cc(C(=O)OSN)ccc2C(c2ccccc2)=C1Br. The molecule has 1 aliphatic rings. The highest BCUT2D eigenvalue weighted by molar-refractivity contribution is 9.12. The Hall–Kier alpha value is -1.76. The molecule has 124 valence electrons. The van der Waals surface area contributed by atoms with Gasteiger partial charge in [0.05, 0.1) is 5.56 Å². The van der Waals surface area contributed by atoms with Gasteiger partial charge in [0.25, 0.3) is 0 Å². The van der Waals surface area contributed by atoms with Gasteiger partial charge in [-0.25, -0.2) is 9.93 Å². The van der Waals surface area contributed by atoms with Crippen LogP contribution in [0.15, 0.2) is 53.0 Å². The fourth-order valence-electron chi connectivity index (χ4n) is 2.66. The van der Waals surface area contributed by atoms with E-state index in [9.17, 15) is 4.79 Å². The molecule has 0 fully saturated rings. The number of ether oxygens (including phenoxy) is 1. The van der Waals surface area contributed by atoms with Crippen LogP contribution in [0.2, 0.25) is 0 Å². The summed E-state index contributed by atoms with van der Waals surface area (Å²) in [5.74, 6) is 0.139. The Morgan fingerprint density at radius 1 is 1.21 bits per heavy atom. The summed E-state index contributed by atoms with van der Waals surface area (Å²) in [4.78, 5) is 11.9. The summed E-state index contributed by atoms with van der Waals surface area (Å²) in [7, 11) is 0. The lowest BCUT2D eigenvalue weighted by Crippen LogP contribution is -2.32. The van der Waals surface area contributed by atoms with Crippen LogP contribution < -0.4 is 9.88 Å². The lowest BCUT2D eigenvalue weighted by atomic mass is 9.89. The molecule has 0 amide bonds. The van der Waals surface area contributed by atoms with Crippen molar-refractivity contribution in [3.8, 4) is 5.75 Å². The van der Waals surface area contributed by atoms with Gasteiger partial charge < -0.3 is 8.92 Å². The molecular formula is C18H16BrNO3S. The molecule has 0 saturated carbocycles. The second kappa shape index (κ2) is 6.63. The molecule has 2 aromatic carbocycles. The number of fused-ring (bicyclic) bond motifs is 1. The molecule has 6 heteroatoms. The van der Waals surface area contributed by atoms with Crippen LogP contribution in [-0.4, -0.2) is 11.6 Å². The molecule has 2 N–H and O–H groups in total. The summed E-state index contributed by atoms with van der Waals surface area (Å²) in [5.41, 5.74) is 2.89. The number of carbonyl (C=O) groups excluding carboxylic acids is 1. The minimum atomic E-state index is -0.552. The van der Waals surface area contributed by atoms with Gasteiger partial charge in [0.2, 0.25) is 0 Å². The van der Waals surface area contributed by atoms with Crippen LogP contribution in [-0.2, 0) is 4.18 Å². The van der Waals surface area contributed by atoms with Crippen molar-refractivity contribution in [3.05, 3.63) is 69.7 Å². The lowest BCUT2D eigenvalue weighted by molar-refractivity contribution is 0.0766. The van der Waals surface area contributed by atoms with Gasteiger partial charge in [0.15, 0.2) is 0 Å². The summed E-state index contributed by atoms with van der Waals surface area (Å²) < 4.78 is 11.8. The van der Waals surface area contributed by atoms with E-state index in [1.54, 1.807) is 12.1 Å². The average Bonchev–Trinajstić information content (AvgIpc) is 2.56. The molecule has 3 rings (SSSR count). The minimum Gasteiger partial charge on any atom is -0.482 e. The van der Waals surface area contributed by atoms with Crippen LogP contribution in [0.5, 0.6) is 5.75 Å². The summed E-state index contributed by atoms with van der Waals surface area (Å²) in [6.07, 6.45) is 0. The third-order valence-corrected chi connectivity index (χ3v) is 5.39. The van der Waals surface area contributed by atoms with Crippen molar-refractivity contribution in [1.29, 1.82) is 0 Å². The summed E-state index contributed by atoms with van der Waals surface area (Å²) >= 11 is 4.23. The number of halogens is 1. The molecule has 2 aromatic rings. The number of rotatable bonds is 3. The van der Waals surface area contributed by atoms with Crippen molar-refractivity contribution in [3.63, 3.8) is 0 Å². The first-order chi connectivity index (χ1) is 11.4. The third-order valence-electron chi connectivity index (χ3n) is 3.79. The molecule has 0 bridgehead atoms. The van der Waals surface area contributed by atoms with Crippen molar-refractivity contribution in [2.45, 2.75) is 19.4 Å². The van der Waals surface area contributed by atoms with E-state index in [0.717, 1.165) is 21.2 Å². The maximum Gasteiger partial charge on any atom is 0.351 e. The molecule has 0 saturated heterocycles. The van der Waals surface area contributed by atoms with Crippen molar-refractivity contribution in [2.24, 2.45) is 5.14 Å². The Bertz CT molecular complexity index is 818. The first-order valence-corrected chi connectivity index (χ1v) is 8.90. The molecule has 1 heterocycles. The van der Waals surface area contributed by atoms with Crippen LogP contribution in [0.4, 0.5) is 0 Å². The van der Waals surface area contributed by atoms with Crippen molar-refractivity contribution >= 4 is 39.7 Å². The molecular weight excluding hydrogens is 390 g/mol. The second-order valence-corrected chi connectivity index (χ2v) is 7.00. The molecule has 0 spiro atoms. The molecule has 0 aromatic heterocycles. The van der Waals surface area contributed by atoms with Gasteiger partial charge in [-0.1, -0.05) is 46.3 Å². The summed E-state index contributed by atoms with van der Waals surface area (Å²) in [6.45, 7) is 3.95. The zero-order valence-electron chi connectivity index (χ0n) is 13.2. The fraction of sp³-hybridized carbons (Fsp3) is 0.167. The van der Waals surface area contributed by atoms with Crippen LogP contribution in [0.25, 0.3) is 5.57 Å². The van der Waals surface area contributed by atoms with E-state index in [2.05, 4.69) is 28.1 Å². The zero-order valence-corrected chi connectivity index (χ0v) is 15.6. The predicted octanol–water partition coefficient (Wildman–Crippen LogP) is 4.69. The van der Waals surface area contributed by atoms with Gasteiger partial charge in [-0.15, -0.1) is 0 Å². The van der Waals surface area contributed by atoms with Gasteiger partial charge in [0.1, 0.15) is 23.6 Å². The number of nitrogens with two attached hydrogens (primary N) is 1. The monoisotopic (exact) mass is 405 g/mol. The van der Waals surface area contributed by atoms with E-state index in [-0.39, 0.29) is 0 Å². The highest BCUT2D eigenvalue weighted by atomic mass is 79.9. The van der Waals surface area contributed by atoms with Crippen LogP contribution in [0, 0.1) is 0 Å². The highest BCUT2D eigenvalue weighted by Gasteiger charge is 2.34. The largest absolute Gasteiger partial charge is 0.482 e. The van der Waals surface area contributed by atoms with Crippen LogP contribution >= 0.6 is 28.2 Å². The van der Waals surface area contributed by atoms with Gasteiger partial charge in [-0.05, 0) is 37.6 Å². The van der Waals surface area contributed by atoms with Crippen molar-refractivity contribution in [1.82, 2.24) is 0 Å².